The Hall–Kier alpha value is -8.20. The Kier molecular flexibility index (Phi) is 8.51. The van der Waals surface area contributed by atoms with Crippen molar-refractivity contribution in [1.82, 2.24) is 0 Å². The predicted molar refractivity (Wildman–Crippen MR) is 274 cm³/mol. The van der Waals surface area contributed by atoms with Gasteiger partial charge >= 0.3 is 0 Å². The van der Waals surface area contributed by atoms with Crippen molar-refractivity contribution in [3.63, 3.8) is 0 Å². The minimum atomic E-state index is -0.461. The third-order valence-electron chi connectivity index (χ3n) is 14.6. The van der Waals surface area contributed by atoms with Crippen LogP contribution in [0.4, 0.5) is 17.1 Å². The van der Waals surface area contributed by atoms with Crippen molar-refractivity contribution >= 4 is 39.0 Å². The maximum atomic E-state index is 6.40. The summed E-state index contributed by atoms with van der Waals surface area (Å²) in [6.45, 7) is 4.73. The zero-order valence-corrected chi connectivity index (χ0v) is 36.9. The van der Waals surface area contributed by atoms with E-state index in [9.17, 15) is 0 Å². The maximum absolute atomic E-state index is 6.40. The van der Waals surface area contributed by atoms with Crippen molar-refractivity contribution in [3.8, 4) is 44.5 Å². The number of nitrogens with zero attached hydrogens (tertiary/aromatic N) is 1. The van der Waals surface area contributed by atoms with Crippen molar-refractivity contribution in [3.05, 3.63) is 270 Å². The van der Waals surface area contributed by atoms with Crippen molar-refractivity contribution in [2.24, 2.45) is 0 Å². The minimum Gasteiger partial charge on any atom is -0.455 e. The molecular weight excluding hydrogens is 799 g/mol. The maximum Gasteiger partial charge on any atom is 0.143 e. The van der Waals surface area contributed by atoms with Gasteiger partial charge in [-0.2, -0.15) is 0 Å². The molecule has 66 heavy (non-hydrogen) atoms. The van der Waals surface area contributed by atoms with Crippen molar-refractivity contribution in [1.29, 1.82) is 0 Å². The van der Waals surface area contributed by atoms with Crippen molar-refractivity contribution < 1.29 is 4.42 Å². The quantitative estimate of drug-likeness (QED) is 0.159. The van der Waals surface area contributed by atoms with Gasteiger partial charge in [0.15, 0.2) is 0 Å². The van der Waals surface area contributed by atoms with E-state index in [4.69, 9.17) is 4.42 Å². The fourth-order valence-corrected chi connectivity index (χ4v) is 11.5. The molecule has 13 rings (SSSR count). The molecule has 0 spiro atoms. The predicted octanol–water partition coefficient (Wildman–Crippen LogP) is 17.1. The molecule has 312 valence electrons. The summed E-state index contributed by atoms with van der Waals surface area (Å²) in [6.07, 6.45) is 0. The second kappa shape index (κ2) is 14.7. The molecule has 0 fully saturated rings. The second-order valence-electron chi connectivity index (χ2n) is 18.4. The summed E-state index contributed by atoms with van der Waals surface area (Å²) in [6, 6.07) is 87.0. The molecule has 0 radical (unpaired) electrons. The van der Waals surface area contributed by atoms with Crippen LogP contribution in [0, 0.1) is 0 Å². The van der Waals surface area contributed by atoms with Crippen LogP contribution in [0.15, 0.2) is 241 Å². The van der Waals surface area contributed by atoms with E-state index in [2.05, 4.69) is 243 Å². The number of hydrogen-bond acceptors (Lipinski definition) is 2. The van der Waals surface area contributed by atoms with Crippen molar-refractivity contribution in [2.75, 3.05) is 4.90 Å². The van der Waals surface area contributed by atoms with Crippen LogP contribution < -0.4 is 4.90 Å². The van der Waals surface area contributed by atoms with Crippen LogP contribution in [0.1, 0.15) is 47.2 Å². The molecule has 0 saturated heterocycles. The normalized spacial score (nSPS) is 13.8. The molecule has 0 aliphatic heterocycles. The molecular formula is C64H45NO. The Bertz CT molecular complexity index is 3620. The first-order valence-corrected chi connectivity index (χ1v) is 23.0. The van der Waals surface area contributed by atoms with Gasteiger partial charge in [-0.25, -0.2) is 0 Å². The van der Waals surface area contributed by atoms with Gasteiger partial charge in [-0.3, -0.25) is 0 Å². The van der Waals surface area contributed by atoms with Gasteiger partial charge in [0.05, 0.1) is 5.41 Å². The number of furan rings is 1. The van der Waals surface area contributed by atoms with Gasteiger partial charge in [0, 0.05) is 38.8 Å². The van der Waals surface area contributed by atoms with Crippen LogP contribution in [-0.2, 0) is 10.8 Å². The zero-order valence-electron chi connectivity index (χ0n) is 36.9. The molecule has 0 saturated carbocycles. The standard InChI is InChI=1S/C64H45NO/c1-63(2)57-25-12-9-20-51(57)53-38-36-49(41-60(53)63)65(47-34-32-43(33-35-47)42-28-30-44(31-29-42)50-23-15-24-55-54-22-11-14-27-61(54)66-62(50)55)48-37-39-59-56(40-48)52-21-10-13-26-58(52)64(59,45-16-5-3-6-17-45)46-18-7-4-8-19-46/h3-41H,1-2H3. The SMILES string of the molecule is CC1(C)c2ccccc2-c2ccc(N(c3ccc(-c4ccc(-c5cccc6c5oc5ccccc56)cc4)cc3)c3ccc4c(c3)-c3ccccc3C4(c3ccccc3)c3ccccc3)cc21. The smallest absolute Gasteiger partial charge is 0.143 e. The number of hydrogen-bond donors (Lipinski definition) is 0. The molecule has 0 unspecified atom stereocenters. The Morgan fingerprint density at radius 3 is 1.56 bits per heavy atom. The van der Waals surface area contributed by atoms with Crippen molar-refractivity contribution in [2.45, 2.75) is 24.7 Å². The van der Waals surface area contributed by atoms with Gasteiger partial charge in [-0.05, 0) is 115 Å². The molecule has 2 aliphatic rings. The van der Waals surface area contributed by atoms with Gasteiger partial charge in [-0.15, -0.1) is 0 Å². The summed E-state index contributed by atoms with van der Waals surface area (Å²) in [7, 11) is 0. The average Bonchev–Trinajstić information content (AvgIpc) is 3.99. The second-order valence-corrected chi connectivity index (χ2v) is 18.4. The Labute approximate surface area is 385 Å². The third kappa shape index (κ3) is 5.61. The highest BCUT2D eigenvalue weighted by Crippen LogP contribution is 2.58. The number of benzene rings is 10. The molecule has 11 aromatic rings. The third-order valence-corrected chi connectivity index (χ3v) is 14.6. The summed E-state index contributed by atoms with van der Waals surface area (Å²) in [5.41, 5.74) is 22.2. The first-order chi connectivity index (χ1) is 32.5. The largest absolute Gasteiger partial charge is 0.455 e. The number of anilines is 3. The average molecular weight is 844 g/mol. The van der Waals surface area contributed by atoms with E-state index in [0.717, 1.165) is 61.3 Å². The fourth-order valence-electron chi connectivity index (χ4n) is 11.5. The number of rotatable bonds is 7. The first kappa shape index (κ1) is 38.3. The zero-order chi connectivity index (χ0) is 44.0. The molecule has 2 heteroatoms. The van der Waals surface area contributed by atoms with E-state index in [0.29, 0.717) is 0 Å². The van der Waals surface area contributed by atoms with Crippen LogP contribution in [0.5, 0.6) is 0 Å². The lowest BCUT2D eigenvalue weighted by molar-refractivity contribution is 0.660. The van der Waals surface area contributed by atoms with Crippen LogP contribution in [0.25, 0.3) is 66.4 Å². The van der Waals surface area contributed by atoms with E-state index in [1.54, 1.807) is 0 Å². The highest BCUT2D eigenvalue weighted by Gasteiger charge is 2.46. The molecule has 1 aromatic heterocycles. The first-order valence-electron chi connectivity index (χ1n) is 23.0. The molecule has 1 heterocycles. The molecule has 0 N–H and O–H groups in total. The molecule has 2 aliphatic carbocycles. The Morgan fingerprint density at radius 2 is 0.833 bits per heavy atom. The highest BCUT2D eigenvalue weighted by molar-refractivity contribution is 6.09. The molecule has 0 amide bonds. The fraction of sp³-hybridized carbons (Fsp3) is 0.0625. The topological polar surface area (TPSA) is 16.4 Å². The summed E-state index contributed by atoms with van der Waals surface area (Å²) in [5, 5.41) is 2.29. The van der Waals surface area contributed by atoms with Gasteiger partial charge in [0.1, 0.15) is 11.2 Å². The summed E-state index contributed by atoms with van der Waals surface area (Å²) in [4.78, 5) is 2.45. The molecule has 2 nitrogen and oxygen atoms in total. The lowest BCUT2D eigenvalue weighted by Gasteiger charge is -2.34. The van der Waals surface area contributed by atoms with Crippen LogP contribution in [-0.4, -0.2) is 0 Å². The summed E-state index contributed by atoms with van der Waals surface area (Å²) in [5.74, 6) is 0. The molecule has 0 atom stereocenters. The highest BCUT2D eigenvalue weighted by atomic mass is 16.3. The van der Waals surface area contributed by atoms with Crippen LogP contribution in [0.3, 0.4) is 0 Å². The number of fused-ring (bicyclic) bond motifs is 9. The monoisotopic (exact) mass is 843 g/mol. The van der Waals surface area contributed by atoms with E-state index >= 15 is 0 Å². The van der Waals surface area contributed by atoms with E-state index in [1.807, 2.05) is 12.1 Å². The lowest BCUT2D eigenvalue weighted by atomic mass is 9.68. The van der Waals surface area contributed by atoms with E-state index in [-0.39, 0.29) is 5.41 Å². The van der Waals surface area contributed by atoms with E-state index < -0.39 is 5.41 Å². The van der Waals surface area contributed by atoms with E-state index in [1.165, 1.54) is 55.6 Å². The summed E-state index contributed by atoms with van der Waals surface area (Å²) < 4.78 is 6.40. The van der Waals surface area contributed by atoms with Crippen LogP contribution in [0.2, 0.25) is 0 Å². The van der Waals surface area contributed by atoms with Gasteiger partial charge in [0.25, 0.3) is 0 Å². The Balaban J connectivity index is 0.939. The molecule has 0 bridgehead atoms. The number of para-hydroxylation sites is 2. The Morgan fingerprint density at radius 1 is 0.333 bits per heavy atom. The lowest BCUT2D eigenvalue weighted by Crippen LogP contribution is -2.28. The van der Waals surface area contributed by atoms with Gasteiger partial charge in [0.2, 0.25) is 0 Å². The molecule has 10 aromatic carbocycles. The minimum absolute atomic E-state index is 0.137. The summed E-state index contributed by atoms with van der Waals surface area (Å²) >= 11 is 0. The van der Waals surface area contributed by atoms with Gasteiger partial charge < -0.3 is 9.32 Å². The van der Waals surface area contributed by atoms with Gasteiger partial charge in [-0.1, -0.05) is 208 Å². The van der Waals surface area contributed by atoms with Crippen LogP contribution >= 0.6 is 0 Å².